The highest BCUT2D eigenvalue weighted by molar-refractivity contribution is 7.99. The lowest BCUT2D eigenvalue weighted by Gasteiger charge is -2.12. The monoisotopic (exact) mass is 493 g/mol. The predicted octanol–water partition coefficient (Wildman–Crippen LogP) is 4.57. The molecule has 0 N–H and O–H groups in total. The number of esters is 2. The number of para-hydroxylation sites is 1. The molecular weight excluding hydrogens is 473 g/mol. The molecule has 4 aromatic rings. The van der Waals surface area contributed by atoms with Crippen LogP contribution in [0.1, 0.15) is 10.4 Å². The third-order valence-corrected chi connectivity index (χ3v) is 5.79. The van der Waals surface area contributed by atoms with E-state index in [0.717, 1.165) is 11.8 Å². The van der Waals surface area contributed by atoms with Crippen LogP contribution in [-0.4, -0.2) is 46.7 Å². The van der Waals surface area contributed by atoms with Crippen LogP contribution in [0.15, 0.2) is 78.0 Å². The number of ether oxygens (including phenoxy) is 3. The van der Waals surface area contributed by atoms with E-state index < -0.39 is 17.8 Å². The molecule has 0 spiro atoms. The number of carbonyl (C=O) groups is 2. The molecule has 0 atom stereocenters. The molecule has 35 heavy (non-hydrogen) atoms. The Morgan fingerprint density at radius 3 is 2.40 bits per heavy atom. The fourth-order valence-electron chi connectivity index (χ4n) is 3.26. The fraction of sp³-hybridized carbons (Fsp3) is 0.120. The molecule has 0 fully saturated rings. The van der Waals surface area contributed by atoms with Gasteiger partial charge in [-0.05, 0) is 42.5 Å². The second kappa shape index (κ2) is 10.8. The summed E-state index contributed by atoms with van der Waals surface area (Å²) in [5.41, 5.74) is 1.26. The third kappa shape index (κ3) is 5.33. The van der Waals surface area contributed by atoms with Crippen LogP contribution in [0, 0.1) is 5.82 Å². The number of rotatable bonds is 8. The molecule has 0 amide bonds. The summed E-state index contributed by atoms with van der Waals surface area (Å²) in [6.45, 7) is 0. The normalized spacial score (nSPS) is 10.6. The van der Waals surface area contributed by atoms with Crippen molar-refractivity contribution in [2.24, 2.45) is 0 Å². The molecule has 3 aromatic carbocycles. The molecule has 0 aliphatic heterocycles. The van der Waals surface area contributed by atoms with Crippen LogP contribution >= 0.6 is 11.8 Å². The van der Waals surface area contributed by atoms with Gasteiger partial charge in [0, 0.05) is 5.69 Å². The van der Waals surface area contributed by atoms with Gasteiger partial charge in [0.15, 0.2) is 22.5 Å². The lowest BCUT2D eigenvalue weighted by molar-refractivity contribution is -0.131. The highest BCUT2D eigenvalue weighted by atomic mass is 32.2. The van der Waals surface area contributed by atoms with Gasteiger partial charge in [0.05, 0.1) is 31.1 Å². The van der Waals surface area contributed by atoms with Gasteiger partial charge >= 0.3 is 11.9 Å². The average molecular weight is 494 g/mol. The summed E-state index contributed by atoms with van der Waals surface area (Å²) in [5.74, 6) is -0.982. The minimum Gasteiger partial charge on any atom is -0.493 e. The Hall–Kier alpha value is -4.18. The van der Waals surface area contributed by atoms with Crippen LogP contribution < -0.4 is 9.47 Å². The van der Waals surface area contributed by atoms with Crippen molar-refractivity contribution in [1.82, 2.24) is 14.8 Å². The molecule has 1 heterocycles. The molecule has 0 saturated heterocycles. The highest BCUT2D eigenvalue weighted by Crippen LogP contribution is 2.31. The first kappa shape index (κ1) is 24.0. The summed E-state index contributed by atoms with van der Waals surface area (Å²) in [5, 5.41) is 8.76. The molecule has 4 rings (SSSR count). The van der Waals surface area contributed by atoms with Crippen molar-refractivity contribution in [3.63, 3.8) is 0 Å². The number of nitrogens with zero attached hydrogens (tertiary/aromatic N) is 3. The second-order valence-electron chi connectivity index (χ2n) is 7.08. The van der Waals surface area contributed by atoms with Gasteiger partial charge in [-0.15, -0.1) is 10.2 Å². The predicted molar refractivity (Wildman–Crippen MR) is 127 cm³/mol. The molecule has 0 saturated carbocycles. The molecule has 1 aromatic heterocycles. The minimum absolute atomic E-state index is 0.107. The zero-order valence-electron chi connectivity index (χ0n) is 18.8. The van der Waals surface area contributed by atoms with Crippen molar-refractivity contribution >= 4 is 23.7 Å². The highest BCUT2D eigenvalue weighted by Gasteiger charge is 2.20. The van der Waals surface area contributed by atoms with Gasteiger partial charge < -0.3 is 14.2 Å². The Balaban J connectivity index is 1.56. The maximum Gasteiger partial charge on any atom is 0.337 e. The van der Waals surface area contributed by atoms with Gasteiger partial charge in [0.1, 0.15) is 5.82 Å². The molecule has 0 bridgehead atoms. The van der Waals surface area contributed by atoms with E-state index in [1.165, 1.54) is 38.5 Å². The van der Waals surface area contributed by atoms with E-state index >= 15 is 0 Å². The third-order valence-electron chi connectivity index (χ3n) is 4.89. The van der Waals surface area contributed by atoms with E-state index in [4.69, 9.17) is 9.47 Å². The summed E-state index contributed by atoms with van der Waals surface area (Å²) < 4.78 is 31.5. The van der Waals surface area contributed by atoms with Crippen LogP contribution in [0.3, 0.4) is 0 Å². The summed E-state index contributed by atoms with van der Waals surface area (Å²) in [6, 6.07) is 19.8. The van der Waals surface area contributed by atoms with Crippen molar-refractivity contribution in [3.05, 3.63) is 84.2 Å². The first-order valence-corrected chi connectivity index (χ1v) is 11.4. The van der Waals surface area contributed by atoms with Gasteiger partial charge in [0.2, 0.25) is 0 Å². The number of hydrogen-bond acceptors (Lipinski definition) is 8. The zero-order valence-corrected chi connectivity index (χ0v) is 19.6. The Morgan fingerprint density at radius 2 is 1.69 bits per heavy atom. The second-order valence-corrected chi connectivity index (χ2v) is 8.02. The van der Waals surface area contributed by atoms with E-state index in [1.54, 1.807) is 22.8 Å². The molecule has 0 aliphatic rings. The number of halogens is 1. The van der Waals surface area contributed by atoms with Gasteiger partial charge in [-0.25, -0.2) is 9.18 Å². The van der Waals surface area contributed by atoms with Crippen LogP contribution in [0.5, 0.6) is 11.5 Å². The maximum absolute atomic E-state index is 14.5. The number of aromatic nitrogens is 3. The van der Waals surface area contributed by atoms with Crippen molar-refractivity contribution < 1.29 is 28.2 Å². The van der Waals surface area contributed by atoms with Crippen LogP contribution in [0.2, 0.25) is 0 Å². The van der Waals surface area contributed by atoms with Crippen LogP contribution in [0.4, 0.5) is 4.39 Å². The number of methoxy groups -OCH3 is 2. The zero-order chi connectivity index (χ0) is 24.8. The largest absolute Gasteiger partial charge is 0.493 e. The molecule has 0 radical (unpaired) electrons. The van der Waals surface area contributed by atoms with Gasteiger partial charge in [0.25, 0.3) is 0 Å². The van der Waals surface area contributed by atoms with Gasteiger partial charge in [-0.1, -0.05) is 42.1 Å². The summed E-state index contributed by atoms with van der Waals surface area (Å²) >= 11 is 1.09. The van der Waals surface area contributed by atoms with E-state index in [-0.39, 0.29) is 28.4 Å². The molecular formula is C25H20FN3O5S. The fourth-order valence-corrected chi connectivity index (χ4v) is 3.99. The van der Waals surface area contributed by atoms with E-state index in [1.807, 2.05) is 30.3 Å². The van der Waals surface area contributed by atoms with Crippen LogP contribution in [-0.2, 0) is 9.53 Å². The number of thioether (sulfide) groups is 1. The molecule has 0 unspecified atom stereocenters. The first-order chi connectivity index (χ1) is 17.0. The van der Waals surface area contributed by atoms with Gasteiger partial charge in [-0.2, -0.15) is 0 Å². The van der Waals surface area contributed by atoms with E-state index in [2.05, 4.69) is 14.9 Å². The Bertz CT molecular complexity index is 1360. The SMILES string of the molecule is COC(=O)c1ccc(OC(=O)CSc2nnc(-c3ccccc3F)n2-c2ccccc2)c(OC)c1. The number of benzene rings is 3. The average Bonchev–Trinajstić information content (AvgIpc) is 3.31. The summed E-state index contributed by atoms with van der Waals surface area (Å²) in [6.07, 6.45) is 0. The molecule has 8 nitrogen and oxygen atoms in total. The van der Waals surface area contributed by atoms with Gasteiger partial charge in [-0.3, -0.25) is 9.36 Å². The molecule has 178 valence electrons. The maximum atomic E-state index is 14.5. The number of carbonyl (C=O) groups excluding carboxylic acids is 2. The lowest BCUT2D eigenvalue weighted by atomic mass is 10.2. The summed E-state index contributed by atoms with van der Waals surface area (Å²) in [7, 11) is 2.67. The van der Waals surface area contributed by atoms with Crippen molar-refractivity contribution in [1.29, 1.82) is 0 Å². The Morgan fingerprint density at radius 1 is 0.943 bits per heavy atom. The van der Waals surface area contributed by atoms with Crippen molar-refractivity contribution in [3.8, 4) is 28.6 Å². The van der Waals surface area contributed by atoms with Crippen LogP contribution in [0.25, 0.3) is 17.1 Å². The standard InChI is InChI=1S/C25H20FN3O5S/c1-32-21-14-16(24(31)33-2)12-13-20(21)34-22(30)15-35-25-28-27-23(18-10-6-7-11-19(18)26)29(25)17-8-4-3-5-9-17/h3-14H,15H2,1-2H3. The molecule has 10 heteroatoms. The topological polar surface area (TPSA) is 92.5 Å². The van der Waals surface area contributed by atoms with Crippen molar-refractivity contribution in [2.45, 2.75) is 5.16 Å². The minimum atomic E-state index is -0.575. The van der Waals surface area contributed by atoms with Crippen molar-refractivity contribution in [2.75, 3.05) is 20.0 Å². The lowest BCUT2D eigenvalue weighted by Crippen LogP contribution is -2.12. The first-order valence-electron chi connectivity index (χ1n) is 10.4. The molecule has 0 aliphatic carbocycles. The van der Waals surface area contributed by atoms with E-state index in [9.17, 15) is 14.0 Å². The smallest absolute Gasteiger partial charge is 0.337 e. The van der Waals surface area contributed by atoms with E-state index in [0.29, 0.717) is 16.7 Å². The Kier molecular flexibility index (Phi) is 7.41. The number of hydrogen-bond donors (Lipinski definition) is 0. The Labute approximate surface area is 204 Å². The quantitative estimate of drug-likeness (QED) is 0.200. The summed E-state index contributed by atoms with van der Waals surface area (Å²) in [4.78, 5) is 24.3.